The molecule has 2 aliphatic carbocycles. The van der Waals surface area contributed by atoms with Gasteiger partial charge in [-0.15, -0.1) is 0 Å². The molecule has 0 unspecified atom stereocenters. The standard InChI is InChI=1S/C25H37NO4/c1-15(2)30-21-8-7-17(11-18(21)14-28-6)22-20-12-19-13-25(20,9-10-29-22)23(24(19,4)5)26-16(3)27/h7-8,11,15,19-20,22-23H,9-10,12-14H2,1-6H3,(H,26,27)/t19-,20-,22-,23+,25-/m1/s1. The van der Waals surface area contributed by atoms with Gasteiger partial charge in [0.1, 0.15) is 5.75 Å². The van der Waals surface area contributed by atoms with Crippen molar-refractivity contribution >= 4 is 5.91 Å². The summed E-state index contributed by atoms with van der Waals surface area (Å²) < 4.78 is 17.8. The second-order valence-corrected chi connectivity index (χ2v) is 10.4. The summed E-state index contributed by atoms with van der Waals surface area (Å²) >= 11 is 0. The van der Waals surface area contributed by atoms with Crippen molar-refractivity contribution in [2.45, 2.75) is 78.7 Å². The van der Waals surface area contributed by atoms with Crippen molar-refractivity contribution in [3.63, 3.8) is 0 Å². The first-order valence-corrected chi connectivity index (χ1v) is 11.4. The lowest BCUT2D eigenvalue weighted by molar-refractivity contribution is -0.136. The summed E-state index contributed by atoms with van der Waals surface area (Å²) in [6.45, 7) is 11.7. The normalized spacial score (nSPS) is 34.1. The molecule has 1 N–H and O–H groups in total. The van der Waals surface area contributed by atoms with Crippen molar-refractivity contribution in [2.75, 3.05) is 13.7 Å². The van der Waals surface area contributed by atoms with Crippen LogP contribution in [0, 0.1) is 22.7 Å². The molecular weight excluding hydrogens is 378 g/mol. The molecule has 0 radical (unpaired) electrons. The second-order valence-electron chi connectivity index (χ2n) is 10.4. The van der Waals surface area contributed by atoms with Crippen LogP contribution >= 0.6 is 0 Å². The molecule has 5 nitrogen and oxygen atoms in total. The van der Waals surface area contributed by atoms with Gasteiger partial charge in [0.05, 0.1) is 18.8 Å². The molecule has 1 aromatic rings. The van der Waals surface area contributed by atoms with Crippen LogP contribution in [-0.4, -0.2) is 31.8 Å². The Labute approximate surface area is 180 Å². The Morgan fingerprint density at radius 3 is 2.77 bits per heavy atom. The molecule has 0 aromatic heterocycles. The van der Waals surface area contributed by atoms with Crippen LogP contribution in [0.1, 0.15) is 71.1 Å². The summed E-state index contributed by atoms with van der Waals surface area (Å²) in [4.78, 5) is 12.1. The molecule has 2 bridgehead atoms. The minimum Gasteiger partial charge on any atom is -0.491 e. The average molecular weight is 416 g/mol. The van der Waals surface area contributed by atoms with Crippen LogP contribution in [0.25, 0.3) is 0 Å². The number of fused-ring (bicyclic) bond motifs is 1. The van der Waals surface area contributed by atoms with E-state index in [0.717, 1.165) is 30.8 Å². The summed E-state index contributed by atoms with van der Waals surface area (Å²) in [6.07, 6.45) is 3.55. The quantitative estimate of drug-likeness (QED) is 0.735. The van der Waals surface area contributed by atoms with Crippen LogP contribution in [0.4, 0.5) is 0 Å². The molecule has 2 saturated carbocycles. The van der Waals surface area contributed by atoms with Gasteiger partial charge in [0.2, 0.25) is 5.91 Å². The zero-order valence-corrected chi connectivity index (χ0v) is 19.3. The SMILES string of the molecule is COCc1cc([C@H]2OCC[C@@]34C[C@@H](C[C@H]23)C(C)(C)[C@@H]4NC(C)=O)ccc1OC(C)C. The number of rotatable bonds is 6. The summed E-state index contributed by atoms with van der Waals surface area (Å²) in [5.74, 6) is 2.00. The fourth-order valence-electron chi connectivity index (χ4n) is 6.73. The fraction of sp³-hybridized carbons (Fsp3) is 0.720. The Balaban J connectivity index is 1.67. The maximum atomic E-state index is 12.1. The molecule has 3 fully saturated rings. The van der Waals surface area contributed by atoms with Crippen LogP contribution in [0.3, 0.4) is 0 Å². The zero-order valence-electron chi connectivity index (χ0n) is 19.3. The first-order valence-electron chi connectivity index (χ1n) is 11.4. The topological polar surface area (TPSA) is 56.8 Å². The van der Waals surface area contributed by atoms with Gasteiger partial charge in [0.15, 0.2) is 0 Å². The van der Waals surface area contributed by atoms with Gasteiger partial charge >= 0.3 is 0 Å². The maximum Gasteiger partial charge on any atom is 0.217 e. The van der Waals surface area contributed by atoms with Gasteiger partial charge in [0.25, 0.3) is 0 Å². The minimum atomic E-state index is 0.0554. The summed E-state index contributed by atoms with van der Waals surface area (Å²) in [7, 11) is 1.72. The van der Waals surface area contributed by atoms with Crippen LogP contribution in [-0.2, 0) is 20.9 Å². The Morgan fingerprint density at radius 2 is 2.10 bits per heavy atom. The molecule has 1 saturated heterocycles. The Bertz CT molecular complexity index is 804. The van der Waals surface area contributed by atoms with E-state index in [-0.39, 0.29) is 35.0 Å². The number of methoxy groups -OCH3 is 1. The van der Waals surface area contributed by atoms with Gasteiger partial charge in [-0.05, 0) is 73.5 Å². The molecule has 5 atom stereocenters. The van der Waals surface area contributed by atoms with Crippen molar-refractivity contribution < 1.29 is 19.0 Å². The monoisotopic (exact) mass is 415 g/mol. The number of hydrogen-bond acceptors (Lipinski definition) is 4. The van der Waals surface area contributed by atoms with E-state index in [0.29, 0.717) is 18.4 Å². The van der Waals surface area contributed by atoms with Crippen molar-refractivity contribution in [1.29, 1.82) is 0 Å². The van der Waals surface area contributed by atoms with E-state index < -0.39 is 0 Å². The van der Waals surface area contributed by atoms with Gasteiger partial charge in [-0.3, -0.25) is 4.79 Å². The van der Waals surface area contributed by atoms with E-state index in [9.17, 15) is 4.79 Å². The minimum absolute atomic E-state index is 0.0554. The van der Waals surface area contributed by atoms with Gasteiger partial charge in [-0.25, -0.2) is 0 Å². The van der Waals surface area contributed by atoms with Gasteiger partial charge in [-0.2, -0.15) is 0 Å². The van der Waals surface area contributed by atoms with Gasteiger partial charge in [0, 0.05) is 32.2 Å². The number of benzene rings is 1. The number of ether oxygens (including phenoxy) is 3. The Kier molecular flexibility index (Phi) is 5.65. The molecule has 1 heterocycles. The van der Waals surface area contributed by atoms with Crippen LogP contribution in [0.5, 0.6) is 5.75 Å². The Morgan fingerprint density at radius 1 is 1.33 bits per heavy atom. The molecule has 1 amide bonds. The van der Waals surface area contributed by atoms with Crippen LogP contribution in [0.15, 0.2) is 18.2 Å². The highest BCUT2D eigenvalue weighted by atomic mass is 16.5. The third kappa shape index (κ3) is 3.44. The maximum absolute atomic E-state index is 12.1. The van der Waals surface area contributed by atoms with E-state index in [1.807, 2.05) is 13.8 Å². The summed E-state index contributed by atoms with van der Waals surface area (Å²) in [6, 6.07) is 6.64. The number of carbonyl (C=O) groups excluding carboxylic acids is 1. The lowest BCUT2D eigenvalue weighted by Crippen LogP contribution is -2.58. The highest BCUT2D eigenvalue weighted by Gasteiger charge is 2.68. The third-order valence-electron chi connectivity index (χ3n) is 7.93. The molecule has 30 heavy (non-hydrogen) atoms. The molecule has 1 aliphatic heterocycles. The lowest BCUT2D eigenvalue weighted by Gasteiger charge is -2.53. The molecule has 4 rings (SSSR count). The largest absolute Gasteiger partial charge is 0.491 e. The second kappa shape index (κ2) is 7.83. The molecule has 3 aliphatic rings. The molecule has 1 spiro atoms. The summed E-state index contributed by atoms with van der Waals surface area (Å²) in [5, 5.41) is 3.35. The van der Waals surface area contributed by atoms with Crippen LogP contribution in [0.2, 0.25) is 0 Å². The number of nitrogens with one attached hydrogen (secondary N) is 1. The fourth-order valence-corrected chi connectivity index (χ4v) is 6.73. The van der Waals surface area contributed by atoms with E-state index in [1.54, 1.807) is 14.0 Å². The number of amides is 1. The zero-order chi connectivity index (χ0) is 21.7. The Hall–Kier alpha value is -1.59. The van der Waals surface area contributed by atoms with E-state index in [4.69, 9.17) is 14.2 Å². The molecule has 1 aromatic carbocycles. The van der Waals surface area contributed by atoms with Crippen molar-refractivity contribution in [3.8, 4) is 5.75 Å². The molecular formula is C25H37NO4. The summed E-state index contributed by atoms with van der Waals surface area (Å²) in [5.41, 5.74) is 2.51. The highest BCUT2D eigenvalue weighted by molar-refractivity contribution is 5.73. The third-order valence-corrected chi connectivity index (χ3v) is 7.93. The number of hydrogen-bond donors (Lipinski definition) is 1. The molecule has 5 heteroatoms. The van der Waals surface area contributed by atoms with E-state index >= 15 is 0 Å². The average Bonchev–Trinajstić information content (AvgIpc) is 3.15. The lowest BCUT2D eigenvalue weighted by atomic mass is 9.59. The van der Waals surface area contributed by atoms with Gasteiger partial charge in [-0.1, -0.05) is 19.9 Å². The van der Waals surface area contributed by atoms with Crippen LogP contribution < -0.4 is 10.1 Å². The molecule has 166 valence electrons. The predicted molar refractivity (Wildman–Crippen MR) is 116 cm³/mol. The first kappa shape index (κ1) is 21.6. The van der Waals surface area contributed by atoms with E-state index in [1.165, 1.54) is 12.0 Å². The first-order chi connectivity index (χ1) is 14.2. The smallest absolute Gasteiger partial charge is 0.217 e. The number of carbonyl (C=O) groups is 1. The van der Waals surface area contributed by atoms with Crippen molar-refractivity contribution in [2.24, 2.45) is 22.7 Å². The highest BCUT2D eigenvalue weighted by Crippen LogP contribution is 2.70. The van der Waals surface area contributed by atoms with Gasteiger partial charge < -0.3 is 19.5 Å². The van der Waals surface area contributed by atoms with Crippen molar-refractivity contribution in [1.82, 2.24) is 5.32 Å². The van der Waals surface area contributed by atoms with E-state index in [2.05, 4.69) is 37.4 Å². The van der Waals surface area contributed by atoms with Crippen molar-refractivity contribution in [3.05, 3.63) is 29.3 Å². The predicted octanol–water partition coefficient (Wildman–Crippen LogP) is 4.64.